The Hall–Kier alpha value is -1.92. The zero-order chi connectivity index (χ0) is 21.4. The van der Waals surface area contributed by atoms with Gasteiger partial charge in [-0.3, -0.25) is 4.79 Å². The minimum absolute atomic E-state index is 0.0287. The molecular weight excluding hydrogens is 380 g/mol. The molecule has 0 aliphatic rings. The molecule has 0 atom stereocenters. The molecule has 0 bridgehead atoms. The van der Waals surface area contributed by atoms with Crippen molar-refractivity contribution in [2.45, 2.75) is 54.0 Å². The Morgan fingerprint density at radius 1 is 1.17 bits per heavy atom. The van der Waals surface area contributed by atoms with Crippen molar-refractivity contribution in [2.24, 2.45) is 0 Å². The highest BCUT2D eigenvalue weighted by molar-refractivity contribution is 7.80. The van der Waals surface area contributed by atoms with Gasteiger partial charge in [0.2, 0.25) is 0 Å². The summed E-state index contributed by atoms with van der Waals surface area (Å²) < 4.78 is 0. The molecule has 0 aliphatic heterocycles. The summed E-state index contributed by atoms with van der Waals surface area (Å²) in [6.07, 6.45) is 2.21. The first-order valence-electron chi connectivity index (χ1n) is 10.9. The maximum Gasteiger partial charge on any atom is 0.253 e. The van der Waals surface area contributed by atoms with E-state index >= 15 is 0 Å². The minimum Gasteiger partial charge on any atom is -0.363 e. The van der Waals surface area contributed by atoms with Gasteiger partial charge in [-0.15, -0.1) is 0 Å². The van der Waals surface area contributed by atoms with Crippen LogP contribution in [0.2, 0.25) is 0 Å². The number of aryl methyl sites for hydroxylation is 2. The summed E-state index contributed by atoms with van der Waals surface area (Å²) in [4.78, 5) is 19.5. The summed E-state index contributed by atoms with van der Waals surface area (Å²) in [6, 6.07) is 6.23. The van der Waals surface area contributed by atoms with Crippen molar-refractivity contribution in [1.82, 2.24) is 15.2 Å². The van der Waals surface area contributed by atoms with Crippen LogP contribution in [0.1, 0.15) is 50.3 Å². The first-order chi connectivity index (χ1) is 13.9. The van der Waals surface area contributed by atoms with Crippen LogP contribution in [0.4, 0.5) is 0 Å². The number of H-pyrrole nitrogens is 1. The van der Waals surface area contributed by atoms with Crippen molar-refractivity contribution in [1.29, 1.82) is 0 Å². The zero-order valence-corrected chi connectivity index (χ0v) is 19.5. The second kappa shape index (κ2) is 11.3. The van der Waals surface area contributed by atoms with Crippen molar-refractivity contribution in [2.75, 3.05) is 32.7 Å². The van der Waals surface area contributed by atoms with Gasteiger partial charge in [-0.1, -0.05) is 19.4 Å². The normalized spacial score (nSPS) is 11.2. The number of quaternary nitrogens is 1. The number of nitrogens with zero attached hydrogens (tertiary/aromatic N) is 1. The van der Waals surface area contributed by atoms with E-state index in [4.69, 9.17) is 12.2 Å². The molecule has 0 radical (unpaired) electrons. The molecule has 2 aromatic rings. The number of unbranched alkanes of at least 4 members (excludes halogenated alkanes) is 1. The molecule has 29 heavy (non-hydrogen) atoms. The molecular formula is C23H37N4OS+. The molecule has 0 unspecified atom stereocenters. The first kappa shape index (κ1) is 23.4. The maximum absolute atomic E-state index is 12.8. The average molecular weight is 418 g/mol. The fourth-order valence-electron chi connectivity index (χ4n) is 3.67. The molecule has 0 saturated heterocycles. The number of pyridine rings is 1. The molecule has 1 heterocycles. The van der Waals surface area contributed by atoms with E-state index in [1.54, 1.807) is 0 Å². The van der Waals surface area contributed by atoms with Crippen LogP contribution >= 0.6 is 12.2 Å². The Balaban J connectivity index is 2.27. The van der Waals surface area contributed by atoms with Crippen molar-refractivity contribution in [3.8, 4) is 0 Å². The molecule has 6 heteroatoms. The summed E-state index contributed by atoms with van der Waals surface area (Å²) in [6.45, 7) is 16.2. The highest BCUT2D eigenvalue weighted by Crippen LogP contribution is 2.19. The van der Waals surface area contributed by atoms with Gasteiger partial charge in [-0.05, 0) is 69.6 Å². The van der Waals surface area contributed by atoms with Crippen molar-refractivity contribution >= 4 is 28.2 Å². The van der Waals surface area contributed by atoms with Crippen molar-refractivity contribution in [3.63, 3.8) is 0 Å². The Morgan fingerprint density at radius 2 is 1.90 bits per heavy atom. The number of hydrogen-bond donors (Lipinski definition) is 3. The van der Waals surface area contributed by atoms with Gasteiger partial charge in [0.1, 0.15) is 0 Å². The molecule has 160 valence electrons. The molecule has 0 fully saturated rings. The smallest absolute Gasteiger partial charge is 0.253 e. The van der Waals surface area contributed by atoms with Crippen LogP contribution in [-0.4, -0.2) is 47.7 Å². The van der Waals surface area contributed by atoms with Crippen LogP contribution < -0.4 is 15.8 Å². The van der Waals surface area contributed by atoms with E-state index < -0.39 is 0 Å². The number of benzene rings is 1. The number of rotatable bonds is 10. The van der Waals surface area contributed by atoms with Crippen LogP contribution in [0.25, 0.3) is 10.9 Å². The molecule has 0 amide bonds. The lowest BCUT2D eigenvalue weighted by Gasteiger charge is -2.27. The Morgan fingerprint density at radius 3 is 2.55 bits per heavy atom. The lowest BCUT2D eigenvalue weighted by atomic mass is 10.0. The number of fused-ring (bicyclic) bond motifs is 1. The molecule has 0 aliphatic carbocycles. The highest BCUT2D eigenvalue weighted by Gasteiger charge is 2.16. The van der Waals surface area contributed by atoms with E-state index in [0.717, 1.165) is 72.7 Å². The number of hydrogen-bond acceptors (Lipinski definition) is 2. The van der Waals surface area contributed by atoms with E-state index in [0.29, 0.717) is 6.54 Å². The predicted octanol–water partition coefficient (Wildman–Crippen LogP) is 2.55. The standard InChI is InChI=1S/C23H36N4OS/c1-6-9-10-24-23(29)27(12-11-26(7-2)8-3)16-19-15-20-18(5)13-17(4)14-21(20)25-22(19)28/h13-15H,6-12,16H2,1-5H3,(H,24,29)(H,25,28)/p+1. The predicted molar refractivity (Wildman–Crippen MR) is 127 cm³/mol. The number of aromatic nitrogens is 1. The topological polar surface area (TPSA) is 52.6 Å². The fourth-order valence-corrected chi connectivity index (χ4v) is 3.93. The third kappa shape index (κ3) is 6.54. The minimum atomic E-state index is -0.0287. The van der Waals surface area contributed by atoms with Crippen molar-refractivity contribution < 1.29 is 4.90 Å². The Labute approximate surface area is 180 Å². The van der Waals surface area contributed by atoms with Gasteiger partial charge in [0.25, 0.3) is 5.56 Å². The van der Waals surface area contributed by atoms with E-state index in [2.05, 4.69) is 55.9 Å². The van der Waals surface area contributed by atoms with Gasteiger partial charge >= 0.3 is 0 Å². The van der Waals surface area contributed by atoms with Gasteiger partial charge in [-0.2, -0.15) is 0 Å². The van der Waals surface area contributed by atoms with Gasteiger partial charge in [0.15, 0.2) is 5.11 Å². The monoisotopic (exact) mass is 417 g/mol. The number of nitrogens with one attached hydrogen (secondary N) is 3. The lowest BCUT2D eigenvalue weighted by molar-refractivity contribution is -0.895. The van der Waals surface area contributed by atoms with E-state index in [1.165, 1.54) is 10.5 Å². The third-order valence-electron chi connectivity index (χ3n) is 5.58. The number of thiocarbonyl (C=S) groups is 1. The Kier molecular flexibility index (Phi) is 9.11. The highest BCUT2D eigenvalue weighted by atomic mass is 32.1. The van der Waals surface area contributed by atoms with Crippen LogP contribution in [0.15, 0.2) is 23.0 Å². The van der Waals surface area contributed by atoms with Crippen LogP contribution in [0.3, 0.4) is 0 Å². The van der Waals surface area contributed by atoms with Gasteiger partial charge in [-0.25, -0.2) is 0 Å². The third-order valence-corrected chi connectivity index (χ3v) is 5.98. The largest absolute Gasteiger partial charge is 0.363 e. The van der Waals surface area contributed by atoms with Gasteiger partial charge in [0.05, 0.1) is 32.7 Å². The molecule has 1 aromatic carbocycles. The number of aromatic amines is 1. The summed E-state index contributed by atoms with van der Waals surface area (Å²) in [7, 11) is 0. The molecule has 2 rings (SSSR count). The van der Waals surface area contributed by atoms with Crippen molar-refractivity contribution in [3.05, 3.63) is 45.2 Å². The van der Waals surface area contributed by atoms with Gasteiger partial charge in [0, 0.05) is 23.0 Å². The summed E-state index contributed by atoms with van der Waals surface area (Å²) in [5.74, 6) is 0. The first-order valence-corrected chi connectivity index (χ1v) is 11.3. The Bertz CT molecular complexity index is 873. The molecule has 3 N–H and O–H groups in total. The van der Waals surface area contributed by atoms with E-state index in [-0.39, 0.29) is 5.56 Å². The maximum atomic E-state index is 12.8. The zero-order valence-electron chi connectivity index (χ0n) is 18.7. The second-order valence-corrected chi connectivity index (χ2v) is 8.27. The quantitative estimate of drug-likeness (QED) is 0.411. The van der Waals surface area contributed by atoms with Crippen LogP contribution in [0, 0.1) is 13.8 Å². The average Bonchev–Trinajstić information content (AvgIpc) is 2.68. The lowest BCUT2D eigenvalue weighted by Crippen LogP contribution is -3.12. The molecule has 0 saturated carbocycles. The van der Waals surface area contributed by atoms with Crippen LogP contribution in [-0.2, 0) is 6.54 Å². The molecule has 5 nitrogen and oxygen atoms in total. The summed E-state index contributed by atoms with van der Waals surface area (Å²) in [5, 5.41) is 5.22. The van der Waals surface area contributed by atoms with Gasteiger partial charge < -0.3 is 20.1 Å². The summed E-state index contributed by atoms with van der Waals surface area (Å²) in [5.41, 5.74) is 3.97. The van der Waals surface area contributed by atoms with E-state index in [9.17, 15) is 4.79 Å². The SMILES string of the molecule is CCCCNC(=S)N(CC[NH+](CC)CC)Cc1cc2c(C)cc(C)cc2[nH]c1=O. The van der Waals surface area contributed by atoms with Crippen LogP contribution in [0.5, 0.6) is 0 Å². The fraction of sp³-hybridized carbons (Fsp3) is 0.565. The summed E-state index contributed by atoms with van der Waals surface area (Å²) >= 11 is 5.69. The number of likely N-dealkylation sites (N-methyl/N-ethyl adjacent to an activating group) is 1. The molecule has 0 spiro atoms. The second-order valence-electron chi connectivity index (χ2n) is 7.88. The van der Waals surface area contributed by atoms with E-state index in [1.807, 2.05) is 12.1 Å². The molecule has 1 aromatic heterocycles.